The van der Waals surface area contributed by atoms with Gasteiger partial charge < -0.3 is 24.4 Å². The number of fused-ring (bicyclic) bond motifs is 2. The minimum Gasteiger partial charge on any atom is -0.497 e. The maximum atomic E-state index is 6.08. The lowest BCUT2D eigenvalue weighted by Crippen LogP contribution is -2.42. The minimum atomic E-state index is 0.0208. The average molecular weight is 426 g/mol. The third-order valence-electron chi connectivity index (χ3n) is 5.84. The van der Waals surface area contributed by atoms with Gasteiger partial charge >= 0.3 is 0 Å². The number of anilines is 1. The van der Waals surface area contributed by atoms with E-state index in [4.69, 9.17) is 19.2 Å². The van der Waals surface area contributed by atoms with Gasteiger partial charge in [-0.25, -0.2) is 4.98 Å². The summed E-state index contributed by atoms with van der Waals surface area (Å²) in [5.74, 6) is 3.02. The molecule has 2 aromatic carbocycles. The van der Waals surface area contributed by atoms with Gasteiger partial charge in [-0.05, 0) is 49.6 Å². The highest BCUT2D eigenvalue weighted by molar-refractivity contribution is 7.22. The molecule has 3 aromatic rings. The fraction of sp³-hybridized carbons (Fsp3) is 0.435. The van der Waals surface area contributed by atoms with Gasteiger partial charge in [-0.1, -0.05) is 23.5 Å². The molecule has 158 valence electrons. The second kappa shape index (κ2) is 8.70. The number of aromatic nitrogens is 1. The largest absolute Gasteiger partial charge is 0.497 e. The lowest BCUT2D eigenvalue weighted by Gasteiger charge is -2.32. The summed E-state index contributed by atoms with van der Waals surface area (Å²) in [6.07, 6.45) is 2.39. The normalized spacial score (nSPS) is 19.2. The number of nitrogens with zero attached hydrogens (tertiary/aromatic N) is 2. The summed E-state index contributed by atoms with van der Waals surface area (Å²) < 4.78 is 18.5. The van der Waals surface area contributed by atoms with Crippen molar-refractivity contribution in [1.29, 1.82) is 0 Å². The summed E-state index contributed by atoms with van der Waals surface area (Å²) in [6, 6.07) is 14.1. The van der Waals surface area contributed by atoms with E-state index >= 15 is 0 Å². The van der Waals surface area contributed by atoms with Crippen molar-refractivity contribution >= 4 is 26.7 Å². The van der Waals surface area contributed by atoms with E-state index < -0.39 is 0 Å². The highest BCUT2D eigenvalue weighted by Gasteiger charge is 2.24. The second-order valence-corrected chi connectivity index (χ2v) is 8.93. The van der Waals surface area contributed by atoms with Crippen LogP contribution in [0.1, 0.15) is 12.8 Å². The summed E-state index contributed by atoms with van der Waals surface area (Å²) in [5, 5.41) is 4.75. The average Bonchev–Trinajstić information content (AvgIpc) is 3.23. The summed E-state index contributed by atoms with van der Waals surface area (Å²) in [7, 11) is 1.66. The monoisotopic (exact) mass is 425 g/mol. The maximum absolute atomic E-state index is 6.08. The number of hydrogen-bond donors (Lipinski definition) is 1. The van der Waals surface area contributed by atoms with Crippen LogP contribution in [0, 0.1) is 5.92 Å². The summed E-state index contributed by atoms with van der Waals surface area (Å²) in [5.41, 5.74) is 1.11. The van der Waals surface area contributed by atoms with Crippen molar-refractivity contribution in [2.75, 3.05) is 44.8 Å². The van der Waals surface area contributed by atoms with E-state index in [2.05, 4.69) is 34.5 Å². The number of thiazole rings is 1. The van der Waals surface area contributed by atoms with Gasteiger partial charge in [-0.15, -0.1) is 0 Å². The first kappa shape index (κ1) is 19.5. The number of ether oxygens (including phenoxy) is 3. The SMILES string of the molecule is COc1ccc2c(c1)OC(CNCC1CCN(c3nc4ccccc4s3)CC1)CO2. The molecule has 1 unspecified atom stereocenters. The predicted molar refractivity (Wildman–Crippen MR) is 120 cm³/mol. The van der Waals surface area contributed by atoms with E-state index in [0.29, 0.717) is 12.5 Å². The van der Waals surface area contributed by atoms with E-state index in [1.54, 1.807) is 18.4 Å². The Labute approximate surface area is 180 Å². The van der Waals surface area contributed by atoms with Crippen LogP contribution in [0.25, 0.3) is 10.2 Å². The lowest BCUT2D eigenvalue weighted by atomic mass is 9.97. The molecule has 1 N–H and O–H groups in total. The molecule has 1 atom stereocenters. The van der Waals surface area contributed by atoms with Crippen molar-refractivity contribution in [2.45, 2.75) is 18.9 Å². The number of piperidine rings is 1. The molecule has 1 fully saturated rings. The number of para-hydroxylation sites is 1. The molecule has 0 amide bonds. The van der Waals surface area contributed by atoms with Crippen molar-refractivity contribution in [2.24, 2.45) is 5.92 Å². The van der Waals surface area contributed by atoms with Crippen LogP contribution in [-0.4, -0.2) is 51.0 Å². The number of nitrogens with one attached hydrogen (secondary N) is 1. The standard InChI is InChI=1S/C23H27N3O3S/c1-27-17-6-7-20-21(12-17)29-18(15-28-20)14-24-13-16-8-10-26(11-9-16)23-25-19-4-2-3-5-22(19)30-23/h2-7,12,16,18,24H,8-11,13-15H2,1H3. The van der Waals surface area contributed by atoms with Crippen LogP contribution in [-0.2, 0) is 0 Å². The van der Waals surface area contributed by atoms with Crippen LogP contribution < -0.4 is 24.4 Å². The van der Waals surface area contributed by atoms with Crippen LogP contribution in [0.2, 0.25) is 0 Å². The third-order valence-corrected chi connectivity index (χ3v) is 6.94. The molecule has 0 bridgehead atoms. The van der Waals surface area contributed by atoms with Crippen LogP contribution in [0.3, 0.4) is 0 Å². The zero-order chi connectivity index (χ0) is 20.3. The van der Waals surface area contributed by atoms with Crippen molar-refractivity contribution in [3.63, 3.8) is 0 Å². The van der Waals surface area contributed by atoms with E-state index in [-0.39, 0.29) is 6.10 Å². The zero-order valence-corrected chi connectivity index (χ0v) is 18.0. The molecule has 3 heterocycles. The Morgan fingerprint density at radius 2 is 2.00 bits per heavy atom. The minimum absolute atomic E-state index is 0.0208. The Balaban J connectivity index is 1.07. The first-order valence-corrected chi connectivity index (χ1v) is 11.4. The molecule has 0 spiro atoms. The Bertz CT molecular complexity index is 967. The molecule has 0 aliphatic carbocycles. The number of benzene rings is 2. The third kappa shape index (κ3) is 4.18. The van der Waals surface area contributed by atoms with Gasteiger partial charge in [0.25, 0.3) is 0 Å². The fourth-order valence-corrected chi connectivity index (χ4v) is 5.11. The molecule has 1 saturated heterocycles. The molecular formula is C23H27N3O3S. The van der Waals surface area contributed by atoms with Crippen molar-refractivity contribution in [3.05, 3.63) is 42.5 Å². The molecular weight excluding hydrogens is 398 g/mol. The smallest absolute Gasteiger partial charge is 0.186 e. The number of methoxy groups -OCH3 is 1. The zero-order valence-electron chi connectivity index (χ0n) is 17.2. The molecule has 0 saturated carbocycles. The maximum Gasteiger partial charge on any atom is 0.186 e. The van der Waals surface area contributed by atoms with Crippen molar-refractivity contribution in [3.8, 4) is 17.2 Å². The van der Waals surface area contributed by atoms with Crippen molar-refractivity contribution < 1.29 is 14.2 Å². The van der Waals surface area contributed by atoms with E-state index in [1.807, 2.05) is 18.2 Å². The van der Waals surface area contributed by atoms with Crippen LogP contribution in [0.5, 0.6) is 17.2 Å². The summed E-state index contributed by atoms with van der Waals surface area (Å²) in [4.78, 5) is 7.24. The summed E-state index contributed by atoms with van der Waals surface area (Å²) >= 11 is 1.80. The van der Waals surface area contributed by atoms with Gasteiger partial charge in [0.15, 0.2) is 16.6 Å². The van der Waals surface area contributed by atoms with E-state index in [1.165, 1.54) is 17.5 Å². The molecule has 5 rings (SSSR count). The van der Waals surface area contributed by atoms with E-state index in [9.17, 15) is 0 Å². The van der Waals surface area contributed by atoms with Gasteiger partial charge in [-0.2, -0.15) is 0 Å². The quantitative estimate of drug-likeness (QED) is 0.645. The molecule has 6 nitrogen and oxygen atoms in total. The number of rotatable bonds is 6. The Morgan fingerprint density at radius 3 is 2.83 bits per heavy atom. The summed E-state index contributed by atoms with van der Waals surface area (Å²) in [6.45, 7) is 4.51. The predicted octanol–water partition coefficient (Wildman–Crippen LogP) is 3.95. The first-order chi connectivity index (χ1) is 14.8. The molecule has 7 heteroatoms. The van der Waals surface area contributed by atoms with Gasteiger partial charge in [-0.3, -0.25) is 0 Å². The fourth-order valence-electron chi connectivity index (χ4n) is 4.10. The highest BCUT2D eigenvalue weighted by atomic mass is 32.1. The highest BCUT2D eigenvalue weighted by Crippen LogP contribution is 2.35. The van der Waals surface area contributed by atoms with Gasteiger partial charge in [0.05, 0.1) is 17.3 Å². The van der Waals surface area contributed by atoms with Crippen LogP contribution in [0.15, 0.2) is 42.5 Å². The van der Waals surface area contributed by atoms with Gasteiger partial charge in [0.1, 0.15) is 18.5 Å². The number of hydrogen-bond acceptors (Lipinski definition) is 7. The molecule has 30 heavy (non-hydrogen) atoms. The van der Waals surface area contributed by atoms with E-state index in [0.717, 1.165) is 54.1 Å². The molecule has 0 radical (unpaired) electrons. The van der Waals surface area contributed by atoms with Crippen molar-refractivity contribution in [1.82, 2.24) is 10.3 Å². The Morgan fingerprint density at radius 1 is 1.13 bits per heavy atom. The topological polar surface area (TPSA) is 55.9 Å². The van der Waals surface area contributed by atoms with Crippen LogP contribution >= 0.6 is 11.3 Å². The first-order valence-electron chi connectivity index (χ1n) is 10.6. The van der Waals surface area contributed by atoms with Crippen LogP contribution in [0.4, 0.5) is 5.13 Å². The molecule has 2 aliphatic rings. The lowest BCUT2D eigenvalue weighted by molar-refractivity contribution is 0.0890. The Kier molecular flexibility index (Phi) is 5.64. The van der Waals surface area contributed by atoms with Gasteiger partial charge in [0, 0.05) is 25.7 Å². The molecule has 1 aromatic heterocycles. The second-order valence-electron chi connectivity index (χ2n) is 7.92. The molecule has 2 aliphatic heterocycles. The van der Waals surface area contributed by atoms with Gasteiger partial charge in [0.2, 0.25) is 0 Å². The Hall–Kier alpha value is -2.51.